The number of hydrogen-bond acceptors (Lipinski definition) is 3. The summed E-state index contributed by atoms with van der Waals surface area (Å²) < 4.78 is 10.5. The minimum atomic E-state index is -0.302. The molecule has 0 aliphatic carbocycles. The topological polar surface area (TPSA) is 82.9 Å². The summed E-state index contributed by atoms with van der Waals surface area (Å²) in [5, 5.41) is 0. The number of rotatable bonds is 3. The summed E-state index contributed by atoms with van der Waals surface area (Å²) in [5.74, 6) is 0.0957. The summed E-state index contributed by atoms with van der Waals surface area (Å²) in [6.45, 7) is 1.76. The molecule has 1 rings (SSSR count). The first-order chi connectivity index (χ1) is 5.68. The smallest absolute Gasteiger partial charge is 0.186 e. The van der Waals surface area contributed by atoms with Crippen molar-refractivity contribution in [3.63, 3.8) is 0 Å². The van der Waals surface area contributed by atoms with Gasteiger partial charge in [0, 0.05) is 20.1 Å². The van der Waals surface area contributed by atoms with Crippen LogP contribution in [0.2, 0.25) is 0 Å². The van der Waals surface area contributed by atoms with Gasteiger partial charge in [0.05, 0.1) is 13.2 Å². The van der Waals surface area contributed by atoms with Crippen LogP contribution in [0.1, 0.15) is 6.42 Å². The molecule has 0 aromatic carbocycles. The molecule has 5 heteroatoms. The van der Waals surface area contributed by atoms with Crippen molar-refractivity contribution in [1.82, 2.24) is 0 Å². The van der Waals surface area contributed by atoms with Gasteiger partial charge in [-0.3, -0.25) is 4.99 Å². The zero-order valence-corrected chi connectivity index (χ0v) is 7.25. The molecule has 0 saturated carbocycles. The molecule has 4 N–H and O–H groups in total. The average Bonchev–Trinajstić information content (AvgIpc) is 2.50. The minimum absolute atomic E-state index is 0.0957. The predicted octanol–water partition coefficient (Wildman–Crippen LogP) is -0.935. The molecule has 5 nitrogen and oxygen atoms in total. The number of guanidine groups is 1. The fraction of sp³-hybridized carbons (Fsp3) is 0.857. The lowest BCUT2D eigenvalue weighted by Crippen LogP contribution is -2.37. The molecule has 0 spiro atoms. The second kappa shape index (κ2) is 3.73. The van der Waals surface area contributed by atoms with E-state index in [9.17, 15) is 0 Å². The summed E-state index contributed by atoms with van der Waals surface area (Å²) in [7, 11) is 1.65. The summed E-state index contributed by atoms with van der Waals surface area (Å²) in [6.07, 6.45) is 0.848. The van der Waals surface area contributed by atoms with Crippen molar-refractivity contribution in [1.29, 1.82) is 0 Å². The monoisotopic (exact) mass is 173 g/mol. The van der Waals surface area contributed by atoms with Gasteiger partial charge in [0.25, 0.3) is 0 Å². The molecule has 1 saturated heterocycles. The highest BCUT2D eigenvalue weighted by Crippen LogP contribution is 2.22. The van der Waals surface area contributed by atoms with E-state index in [2.05, 4.69) is 4.99 Å². The van der Waals surface area contributed by atoms with Crippen LogP contribution in [0.3, 0.4) is 0 Å². The van der Waals surface area contributed by atoms with Crippen molar-refractivity contribution in [2.24, 2.45) is 16.5 Å². The number of ether oxygens (including phenoxy) is 2. The van der Waals surface area contributed by atoms with Crippen LogP contribution >= 0.6 is 0 Å². The summed E-state index contributed by atoms with van der Waals surface area (Å²) in [6, 6.07) is 0. The van der Waals surface area contributed by atoms with Gasteiger partial charge in [-0.05, 0) is 0 Å². The van der Waals surface area contributed by atoms with Gasteiger partial charge in [0.1, 0.15) is 5.60 Å². The van der Waals surface area contributed by atoms with Crippen LogP contribution in [0.5, 0.6) is 0 Å². The van der Waals surface area contributed by atoms with Crippen LogP contribution in [0.15, 0.2) is 4.99 Å². The Morgan fingerprint density at radius 2 is 2.42 bits per heavy atom. The van der Waals surface area contributed by atoms with Crippen LogP contribution in [0.4, 0.5) is 0 Å². The Kier molecular flexibility index (Phi) is 2.88. The van der Waals surface area contributed by atoms with E-state index in [1.54, 1.807) is 7.11 Å². The van der Waals surface area contributed by atoms with E-state index in [1.165, 1.54) is 0 Å². The summed E-state index contributed by atoms with van der Waals surface area (Å²) in [4.78, 5) is 3.92. The molecule has 0 aromatic rings. The number of hydrogen-bond donors (Lipinski definition) is 2. The number of aliphatic imine (C=N–C) groups is 1. The van der Waals surface area contributed by atoms with Crippen molar-refractivity contribution in [2.45, 2.75) is 12.0 Å². The average molecular weight is 173 g/mol. The Labute approximate surface area is 71.7 Å². The minimum Gasteiger partial charge on any atom is -0.378 e. The Balaban J connectivity index is 2.50. The molecule has 0 bridgehead atoms. The van der Waals surface area contributed by atoms with Gasteiger partial charge < -0.3 is 20.9 Å². The van der Waals surface area contributed by atoms with E-state index in [1.807, 2.05) is 0 Å². The predicted molar refractivity (Wildman–Crippen MR) is 45.9 cm³/mol. The van der Waals surface area contributed by atoms with Gasteiger partial charge in [-0.1, -0.05) is 0 Å². The molecule has 0 radical (unpaired) electrons. The molecular formula is C7H15N3O2. The maximum atomic E-state index is 5.31. The standard InChI is InChI=1S/C7H15N3O2/c1-11-7(2-3-12-5-7)4-10-6(8)9/h2-5H2,1H3,(H4,8,9,10). The maximum absolute atomic E-state index is 5.31. The van der Waals surface area contributed by atoms with Crippen LogP contribution in [0.25, 0.3) is 0 Å². The van der Waals surface area contributed by atoms with E-state index in [0.29, 0.717) is 19.8 Å². The SMILES string of the molecule is COC1(CN=C(N)N)CCOC1. The van der Waals surface area contributed by atoms with Gasteiger partial charge in [0.2, 0.25) is 0 Å². The van der Waals surface area contributed by atoms with Crippen molar-refractivity contribution >= 4 is 5.96 Å². The number of methoxy groups -OCH3 is 1. The largest absolute Gasteiger partial charge is 0.378 e. The molecule has 12 heavy (non-hydrogen) atoms. The number of nitrogens with two attached hydrogens (primary N) is 2. The van der Waals surface area contributed by atoms with Crippen molar-refractivity contribution in [2.75, 3.05) is 26.9 Å². The number of nitrogens with zero attached hydrogens (tertiary/aromatic N) is 1. The zero-order chi connectivity index (χ0) is 9.03. The third kappa shape index (κ3) is 2.09. The van der Waals surface area contributed by atoms with Crippen LogP contribution in [-0.2, 0) is 9.47 Å². The van der Waals surface area contributed by atoms with Gasteiger partial charge in [-0.15, -0.1) is 0 Å². The second-order valence-electron chi connectivity index (χ2n) is 2.93. The molecule has 1 atom stereocenters. The molecule has 1 fully saturated rings. The van der Waals surface area contributed by atoms with E-state index >= 15 is 0 Å². The van der Waals surface area contributed by atoms with Crippen molar-refractivity contribution in [3.8, 4) is 0 Å². The lowest BCUT2D eigenvalue weighted by atomic mass is 10.0. The van der Waals surface area contributed by atoms with Crippen LogP contribution in [0, 0.1) is 0 Å². The highest BCUT2D eigenvalue weighted by Gasteiger charge is 2.34. The molecular weight excluding hydrogens is 158 g/mol. The van der Waals surface area contributed by atoms with Gasteiger partial charge >= 0.3 is 0 Å². The summed E-state index contributed by atoms with van der Waals surface area (Å²) >= 11 is 0. The molecule has 70 valence electrons. The molecule has 1 heterocycles. The van der Waals surface area contributed by atoms with Gasteiger partial charge in [-0.2, -0.15) is 0 Å². The Bertz CT molecular complexity index is 171. The highest BCUT2D eigenvalue weighted by molar-refractivity contribution is 5.75. The first kappa shape index (κ1) is 9.28. The van der Waals surface area contributed by atoms with E-state index in [-0.39, 0.29) is 11.6 Å². The molecule has 1 unspecified atom stereocenters. The fourth-order valence-corrected chi connectivity index (χ4v) is 1.17. The van der Waals surface area contributed by atoms with Crippen molar-refractivity contribution in [3.05, 3.63) is 0 Å². The normalized spacial score (nSPS) is 28.8. The first-order valence-electron chi connectivity index (χ1n) is 3.87. The van der Waals surface area contributed by atoms with E-state index in [4.69, 9.17) is 20.9 Å². The van der Waals surface area contributed by atoms with Crippen LogP contribution in [-0.4, -0.2) is 38.4 Å². The lowest BCUT2D eigenvalue weighted by Gasteiger charge is -2.23. The Morgan fingerprint density at radius 1 is 1.67 bits per heavy atom. The third-order valence-electron chi connectivity index (χ3n) is 2.05. The van der Waals surface area contributed by atoms with Gasteiger partial charge in [-0.25, -0.2) is 0 Å². The first-order valence-corrected chi connectivity index (χ1v) is 3.87. The Hall–Kier alpha value is -0.810. The van der Waals surface area contributed by atoms with E-state index in [0.717, 1.165) is 6.42 Å². The van der Waals surface area contributed by atoms with E-state index < -0.39 is 0 Å². The van der Waals surface area contributed by atoms with Crippen LogP contribution < -0.4 is 11.5 Å². The maximum Gasteiger partial charge on any atom is 0.186 e. The Morgan fingerprint density at radius 3 is 2.83 bits per heavy atom. The third-order valence-corrected chi connectivity index (χ3v) is 2.05. The van der Waals surface area contributed by atoms with Gasteiger partial charge in [0.15, 0.2) is 5.96 Å². The molecule has 1 aliphatic heterocycles. The van der Waals surface area contributed by atoms with Crippen molar-refractivity contribution < 1.29 is 9.47 Å². The fourth-order valence-electron chi connectivity index (χ4n) is 1.17. The second-order valence-corrected chi connectivity index (χ2v) is 2.93. The molecule has 0 aromatic heterocycles. The highest BCUT2D eigenvalue weighted by atomic mass is 16.5. The lowest BCUT2D eigenvalue weighted by molar-refractivity contribution is -0.00902. The zero-order valence-electron chi connectivity index (χ0n) is 7.25. The quantitative estimate of drug-likeness (QED) is 0.426. The summed E-state index contributed by atoms with van der Waals surface area (Å²) in [5.41, 5.74) is 10.1. The molecule has 1 aliphatic rings. The molecule has 0 amide bonds.